The quantitative estimate of drug-likeness (QED) is 0.549. The number of carbonyl (C=O) groups is 1. The maximum Gasteiger partial charge on any atom is 0.290 e. The highest BCUT2D eigenvalue weighted by Gasteiger charge is 1.96. The van der Waals surface area contributed by atoms with E-state index in [0.29, 0.717) is 10.0 Å². The first-order valence-corrected chi connectivity index (χ1v) is 3.79. The molecule has 1 heterocycles. The van der Waals surface area contributed by atoms with Crippen molar-refractivity contribution in [2.24, 2.45) is 0 Å². The molecule has 0 saturated carbocycles. The van der Waals surface area contributed by atoms with Crippen LogP contribution in [0, 0.1) is 0 Å². The van der Waals surface area contributed by atoms with E-state index in [4.69, 9.17) is 44.7 Å². The van der Waals surface area contributed by atoms with Gasteiger partial charge in [-0.3, -0.25) is 4.79 Å². The van der Waals surface area contributed by atoms with E-state index in [0.717, 1.165) is 0 Å². The van der Waals surface area contributed by atoms with Crippen LogP contribution >= 0.6 is 34.8 Å². The molecule has 1 N–H and O–H groups in total. The topological polar surface area (TPSA) is 50.2 Å². The van der Waals surface area contributed by atoms with Crippen LogP contribution in [0.3, 0.4) is 0 Å². The van der Waals surface area contributed by atoms with Gasteiger partial charge < -0.3 is 5.11 Å². The molecule has 0 aliphatic heterocycles. The van der Waals surface area contributed by atoms with Crippen molar-refractivity contribution in [3.8, 4) is 0 Å². The fourth-order valence-electron chi connectivity index (χ4n) is 0.398. The Bertz CT molecular complexity index is 267. The van der Waals surface area contributed by atoms with Gasteiger partial charge in [0.2, 0.25) is 0 Å². The minimum Gasteiger partial charge on any atom is -0.483 e. The second-order valence-corrected chi connectivity index (χ2v) is 2.73. The lowest BCUT2D eigenvalue weighted by atomic mass is 10.5. The average Bonchev–Trinajstić information content (AvgIpc) is 1.99. The van der Waals surface area contributed by atoms with Crippen LogP contribution < -0.4 is 0 Å². The van der Waals surface area contributed by atoms with Gasteiger partial charge in [0.15, 0.2) is 0 Å². The Labute approximate surface area is 83.9 Å². The summed E-state index contributed by atoms with van der Waals surface area (Å²) in [6.07, 6.45) is 1.44. The van der Waals surface area contributed by atoms with Crippen molar-refractivity contribution in [2.75, 3.05) is 0 Å². The van der Waals surface area contributed by atoms with E-state index < -0.39 is 0 Å². The van der Waals surface area contributed by atoms with Crippen LogP contribution in [0.2, 0.25) is 15.2 Å². The van der Waals surface area contributed by atoms with E-state index in [1.54, 1.807) is 6.07 Å². The summed E-state index contributed by atoms with van der Waals surface area (Å²) in [5.74, 6) is 0. The fourth-order valence-corrected chi connectivity index (χ4v) is 0.881. The van der Waals surface area contributed by atoms with Gasteiger partial charge in [-0.25, -0.2) is 4.98 Å². The van der Waals surface area contributed by atoms with Crippen molar-refractivity contribution in [1.82, 2.24) is 4.98 Å². The molecule has 12 heavy (non-hydrogen) atoms. The average molecular weight is 228 g/mol. The molecule has 6 heteroatoms. The molecule has 0 unspecified atom stereocenters. The number of pyridine rings is 1. The molecule has 0 fully saturated rings. The number of carboxylic acid groups (broad SMARTS) is 1. The van der Waals surface area contributed by atoms with Gasteiger partial charge in [0, 0.05) is 6.20 Å². The molecule has 0 atom stereocenters. The minimum absolute atomic E-state index is 0.250. The maximum atomic E-state index is 8.36. The SMILES string of the molecule is Clc1cnc(Cl)c(Cl)c1.O=CO. The van der Waals surface area contributed by atoms with Gasteiger partial charge in [0.1, 0.15) is 5.15 Å². The van der Waals surface area contributed by atoms with Crippen LogP contribution in [0.4, 0.5) is 0 Å². The Balaban J connectivity index is 0.000000354. The highest BCUT2D eigenvalue weighted by Crippen LogP contribution is 2.21. The molecule has 0 aliphatic rings. The van der Waals surface area contributed by atoms with Crippen molar-refractivity contribution < 1.29 is 9.90 Å². The number of aromatic nitrogens is 1. The predicted molar refractivity (Wildman–Crippen MR) is 48.0 cm³/mol. The van der Waals surface area contributed by atoms with Crippen molar-refractivity contribution in [3.05, 3.63) is 27.5 Å². The Morgan fingerprint density at radius 1 is 1.42 bits per heavy atom. The second-order valence-electron chi connectivity index (χ2n) is 1.53. The van der Waals surface area contributed by atoms with Gasteiger partial charge in [0.25, 0.3) is 6.47 Å². The molecule has 1 aromatic heterocycles. The lowest BCUT2D eigenvalue weighted by molar-refractivity contribution is -0.122. The fraction of sp³-hybridized carbons (Fsp3) is 0. The zero-order valence-electron chi connectivity index (χ0n) is 5.67. The summed E-state index contributed by atoms with van der Waals surface area (Å²) >= 11 is 16.5. The monoisotopic (exact) mass is 227 g/mol. The highest BCUT2D eigenvalue weighted by molar-refractivity contribution is 6.42. The van der Waals surface area contributed by atoms with Gasteiger partial charge in [-0.2, -0.15) is 0 Å². The van der Waals surface area contributed by atoms with E-state index in [1.165, 1.54) is 6.20 Å². The maximum absolute atomic E-state index is 8.36. The number of nitrogens with zero attached hydrogens (tertiary/aromatic N) is 1. The van der Waals surface area contributed by atoms with E-state index >= 15 is 0 Å². The van der Waals surface area contributed by atoms with Crippen molar-refractivity contribution >= 4 is 41.3 Å². The van der Waals surface area contributed by atoms with Crippen molar-refractivity contribution in [2.45, 2.75) is 0 Å². The van der Waals surface area contributed by atoms with Crippen LogP contribution in [0.1, 0.15) is 0 Å². The van der Waals surface area contributed by atoms with Crippen LogP contribution in [0.25, 0.3) is 0 Å². The Morgan fingerprint density at radius 3 is 2.25 bits per heavy atom. The molecule has 3 nitrogen and oxygen atoms in total. The Morgan fingerprint density at radius 2 is 1.92 bits per heavy atom. The summed E-state index contributed by atoms with van der Waals surface area (Å²) in [7, 11) is 0. The molecule has 0 aliphatic carbocycles. The molecule has 66 valence electrons. The van der Waals surface area contributed by atoms with Crippen molar-refractivity contribution in [1.29, 1.82) is 0 Å². The first-order chi connectivity index (χ1) is 5.61. The summed E-state index contributed by atoms with van der Waals surface area (Å²) in [5, 5.41) is 8.04. The van der Waals surface area contributed by atoms with Crippen LogP contribution in [-0.2, 0) is 4.79 Å². The zero-order valence-corrected chi connectivity index (χ0v) is 7.94. The predicted octanol–water partition coefficient (Wildman–Crippen LogP) is 2.74. The molecule has 0 saturated heterocycles. The third-order valence-corrected chi connectivity index (χ3v) is 1.66. The highest BCUT2D eigenvalue weighted by atomic mass is 35.5. The van der Waals surface area contributed by atoms with E-state index in [1.807, 2.05) is 0 Å². The third-order valence-electron chi connectivity index (χ3n) is 0.763. The van der Waals surface area contributed by atoms with Crippen LogP contribution in [-0.4, -0.2) is 16.6 Å². The second kappa shape index (κ2) is 6.06. The third kappa shape index (κ3) is 4.38. The van der Waals surface area contributed by atoms with Crippen LogP contribution in [0.15, 0.2) is 12.3 Å². The zero-order chi connectivity index (χ0) is 9.56. The molecular weight excluding hydrogens is 224 g/mol. The molecule has 1 aromatic rings. The Kier molecular flexibility index (Phi) is 5.80. The normalized spacial score (nSPS) is 8.25. The Hall–Kier alpha value is -0.510. The van der Waals surface area contributed by atoms with E-state index in [2.05, 4.69) is 4.98 Å². The minimum atomic E-state index is -0.250. The van der Waals surface area contributed by atoms with Gasteiger partial charge in [-0.1, -0.05) is 34.8 Å². The summed E-state index contributed by atoms with van der Waals surface area (Å²) in [6.45, 7) is -0.250. The molecule has 1 rings (SSSR count). The number of rotatable bonds is 0. The molecule has 0 bridgehead atoms. The standard InChI is InChI=1S/C5H2Cl3N.CH2O2/c6-3-1-4(7)5(8)9-2-3;2-1-3/h1-2H;1H,(H,2,3). The van der Waals surface area contributed by atoms with Gasteiger partial charge in [0.05, 0.1) is 10.0 Å². The number of halogens is 3. The molecule has 0 aromatic carbocycles. The summed E-state index contributed by atoms with van der Waals surface area (Å²) in [5.41, 5.74) is 0. The van der Waals surface area contributed by atoms with Crippen LogP contribution in [0.5, 0.6) is 0 Å². The molecule has 0 spiro atoms. The summed E-state index contributed by atoms with van der Waals surface area (Å²) < 4.78 is 0. The first kappa shape index (κ1) is 11.5. The first-order valence-electron chi connectivity index (χ1n) is 2.66. The molecule has 0 amide bonds. The number of hydrogen-bond donors (Lipinski definition) is 1. The van der Waals surface area contributed by atoms with E-state index in [-0.39, 0.29) is 11.6 Å². The smallest absolute Gasteiger partial charge is 0.290 e. The number of hydrogen-bond acceptors (Lipinski definition) is 2. The lowest BCUT2D eigenvalue weighted by Gasteiger charge is -1.91. The summed E-state index contributed by atoms with van der Waals surface area (Å²) in [6, 6.07) is 1.54. The van der Waals surface area contributed by atoms with Crippen molar-refractivity contribution in [3.63, 3.8) is 0 Å². The van der Waals surface area contributed by atoms with Gasteiger partial charge in [-0.15, -0.1) is 0 Å². The molecular formula is C6H4Cl3NO2. The summed E-state index contributed by atoms with van der Waals surface area (Å²) in [4.78, 5) is 12.0. The van der Waals surface area contributed by atoms with Gasteiger partial charge >= 0.3 is 0 Å². The largest absolute Gasteiger partial charge is 0.483 e. The lowest BCUT2D eigenvalue weighted by Crippen LogP contribution is -1.74. The van der Waals surface area contributed by atoms with Gasteiger partial charge in [-0.05, 0) is 6.07 Å². The van der Waals surface area contributed by atoms with E-state index in [9.17, 15) is 0 Å². The molecule has 0 radical (unpaired) electrons.